The lowest BCUT2D eigenvalue weighted by Gasteiger charge is -2.13. The molecule has 0 fully saturated rings. The van der Waals surface area contributed by atoms with Gasteiger partial charge in [-0.3, -0.25) is 8.37 Å². The van der Waals surface area contributed by atoms with Crippen LogP contribution in [0.1, 0.15) is 0 Å². The summed E-state index contributed by atoms with van der Waals surface area (Å²) in [6.07, 6.45) is 3.07. The van der Waals surface area contributed by atoms with Crippen molar-refractivity contribution in [2.45, 2.75) is 4.58 Å². The third-order valence-corrected chi connectivity index (χ3v) is 5.33. The molecule has 0 aliphatic heterocycles. The predicted octanol–water partition coefficient (Wildman–Crippen LogP) is 0.563. The molecule has 0 N–H and O–H groups in total. The third-order valence-electron chi connectivity index (χ3n) is 1.46. The summed E-state index contributed by atoms with van der Waals surface area (Å²) in [6.45, 7) is 8.98. The van der Waals surface area contributed by atoms with Crippen LogP contribution >= 0.6 is 0 Å². The van der Waals surface area contributed by atoms with Crippen molar-refractivity contribution < 1.29 is 25.2 Å². The van der Waals surface area contributed by atoms with E-state index in [-0.39, 0.29) is 13.2 Å². The van der Waals surface area contributed by atoms with Crippen molar-refractivity contribution in [2.24, 2.45) is 0 Å². The topological polar surface area (TPSA) is 86.7 Å². The van der Waals surface area contributed by atoms with Crippen LogP contribution in [-0.4, -0.2) is 34.6 Å². The van der Waals surface area contributed by atoms with Crippen molar-refractivity contribution in [3.63, 3.8) is 0 Å². The zero-order valence-corrected chi connectivity index (χ0v) is 10.7. The van der Waals surface area contributed by atoms with Gasteiger partial charge in [-0.05, 0) is 0 Å². The Kier molecular flexibility index (Phi) is 6.32. The fourth-order valence-corrected chi connectivity index (χ4v) is 3.60. The van der Waals surface area contributed by atoms with E-state index in [4.69, 9.17) is 0 Å². The van der Waals surface area contributed by atoms with Crippen LogP contribution in [0, 0.1) is 0 Å². The highest BCUT2D eigenvalue weighted by molar-refractivity contribution is 8.05. The van der Waals surface area contributed by atoms with Gasteiger partial charge < -0.3 is 0 Å². The maximum absolute atomic E-state index is 11.5. The highest BCUT2D eigenvalue weighted by atomic mass is 32.3. The van der Waals surface area contributed by atoms with E-state index in [1.165, 1.54) is 12.2 Å². The van der Waals surface area contributed by atoms with E-state index in [9.17, 15) is 16.8 Å². The lowest BCUT2D eigenvalue weighted by molar-refractivity contribution is 0.342. The Hall–Kier alpha value is -0.960. The Bertz CT molecular complexity index is 432. The van der Waals surface area contributed by atoms with E-state index in [0.717, 1.165) is 6.08 Å². The molecule has 0 aromatic rings. The van der Waals surface area contributed by atoms with E-state index in [1.54, 1.807) is 0 Å². The van der Waals surface area contributed by atoms with Gasteiger partial charge in [-0.15, -0.1) is 19.7 Å². The molecule has 0 atom stereocenters. The Morgan fingerprint density at radius 2 is 1.24 bits per heavy atom. The van der Waals surface area contributed by atoms with Gasteiger partial charge in [0.25, 0.3) is 20.2 Å². The van der Waals surface area contributed by atoms with Gasteiger partial charge in [-0.25, -0.2) is 0 Å². The molecule has 0 radical (unpaired) electrons. The summed E-state index contributed by atoms with van der Waals surface area (Å²) in [6, 6.07) is 0. The first kappa shape index (κ1) is 16.0. The molecule has 0 saturated heterocycles. The minimum atomic E-state index is -4.36. The van der Waals surface area contributed by atoms with Crippen molar-refractivity contribution in [3.8, 4) is 0 Å². The Morgan fingerprint density at radius 3 is 1.47 bits per heavy atom. The first-order chi connectivity index (χ1) is 7.81. The minimum Gasteiger partial charge on any atom is -0.265 e. The van der Waals surface area contributed by atoms with Crippen molar-refractivity contribution in [1.82, 2.24) is 0 Å². The van der Waals surface area contributed by atoms with Gasteiger partial charge in [-0.1, -0.05) is 18.2 Å². The van der Waals surface area contributed by atoms with E-state index in [1.807, 2.05) is 0 Å². The van der Waals surface area contributed by atoms with Crippen LogP contribution in [0.15, 0.2) is 38.0 Å². The van der Waals surface area contributed by atoms with E-state index >= 15 is 0 Å². The smallest absolute Gasteiger partial charge is 0.265 e. The molecule has 0 heterocycles. The fourth-order valence-electron chi connectivity index (χ4n) is 0.800. The summed E-state index contributed by atoms with van der Waals surface area (Å²) >= 11 is 0. The zero-order valence-electron chi connectivity index (χ0n) is 9.11. The van der Waals surface area contributed by atoms with Crippen LogP contribution in [0.25, 0.3) is 0 Å². The molecule has 0 saturated carbocycles. The third kappa shape index (κ3) is 4.82. The normalized spacial score (nSPS) is 12.3. The summed E-state index contributed by atoms with van der Waals surface area (Å²) in [7, 11) is -8.72. The quantitative estimate of drug-likeness (QED) is 0.454. The first-order valence-corrected chi connectivity index (χ1v) is 7.37. The molecule has 0 unspecified atom stereocenters. The van der Waals surface area contributed by atoms with Crippen LogP contribution < -0.4 is 0 Å². The van der Waals surface area contributed by atoms with Crippen LogP contribution in [0.4, 0.5) is 0 Å². The molecule has 0 rings (SSSR count). The van der Waals surface area contributed by atoms with Crippen LogP contribution in [0.5, 0.6) is 0 Å². The Balaban J connectivity index is 5.13. The van der Waals surface area contributed by atoms with Gasteiger partial charge in [0, 0.05) is 0 Å². The van der Waals surface area contributed by atoms with Gasteiger partial charge in [-0.2, -0.15) is 16.8 Å². The molecule has 0 bridgehead atoms. The van der Waals surface area contributed by atoms with Crippen molar-refractivity contribution >= 4 is 20.2 Å². The Labute approximate surface area is 101 Å². The number of hydrogen-bond donors (Lipinski definition) is 0. The molecular weight excluding hydrogens is 268 g/mol. The highest BCUT2D eigenvalue weighted by Crippen LogP contribution is 2.15. The average Bonchev–Trinajstić information content (AvgIpc) is 2.24. The monoisotopic (exact) mass is 282 g/mol. The fraction of sp³-hybridized carbons (Fsp3) is 0.333. The first-order valence-electron chi connectivity index (χ1n) is 4.42. The van der Waals surface area contributed by atoms with Gasteiger partial charge in [0.15, 0.2) is 0 Å². The lowest BCUT2D eigenvalue weighted by atomic mass is 10.7. The molecule has 6 nitrogen and oxygen atoms in total. The van der Waals surface area contributed by atoms with Gasteiger partial charge in [0.2, 0.25) is 4.58 Å². The van der Waals surface area contributed by atoms with Crippen LogP contribution in [0.3, 0.4) is 0 Å². The highest BCUT2D eigenvalue weighted by Gasteiger charge is 2.36. The second kappa shape index (κ2) is 6.70. The standard InChI is InChI=1S/C9H14O6S2/c1-4-7-14-16(10,11)9(6-3)17(12,13)15-8-5-2/h4-6,9H,1-3,7-8H2. The SMILES string of the molecule is C=CCOS(=O)(=O)C(C=C)S(=O)(=O)OCC=C. The lowest BCUT2D eigenvalue weighted by Crippen LogP contribution is -2.31. The molecule has 0 amide bonds. The molecule has 17 heavy (non-hydrogen) atoms. The van der Waals surface area contributed by atoms with Crippen LogP contribution in [0.2, 0.25) is 0 Å². The predicted molar refractivity (Wildman–Crippen MR) is 64.1 cm³/mol. The van der Waals surface area contributed by atoms with Crippen molar-refractivity contribution in [2.75, 3.05) is 13.2 Å². The van der Waals surface area contributed by atoms with E-state index in [0.29, 0.717) is 0 Å². The van der Waals surface area contributed by atoms with Crippen LogP contribution in [-0.2, 0) is 28.6 Å². The Morgan fingerprint density at radius 1 is 0.882 bits per heavy atom. The summed E-state index contributed by atoms with van der Waals surface area (Å²) in [5, 5.41) is 0. The maximum atomic E-state index is 11.5. The average molecular weight is 282 g/mol. The molecular formula is C9H14O6S2. The number of hydrogen-bond acceptors (Lipinski definition) is 6. The molecule has 8 heteroatoms. The van der Waals surface area contributed by atoms with E-state index in [2.05, 4.69) is 28.1 Å². The summed E-state index contributed by atoms with van der Waals surface area (Å²) < 4.78 is 52.8. The summed E-state index contributed by atoms with van der Waals surface area (Å²) in [4.78, 5) is 0. The second-order valence-electron chi connectivity index (χ2n) is 2.74. The maximum Gasteiger partial charge on any atom is 0.291 e. The second-order valence-corrected chi connectivity index (χ2v) is 6.49. The summed E-state index contributed by atoms with van der Waals surface area (Å²) in [5.41, 5.74) is 0. The number of rotatable bonds is 9. The van der Waals surface area contributed by atoms with E-state index < -0.39 is 24.8 Å². The molecule has 0 aromatic heterocycles. The molecule has 0 aromatic carbocycles. The van der Waals surface area contributed by atoms with Crippen molar-refractivity contribution in [3.05, 3.63) is 38.0 Å². The van der Waals surface area contributed by atoms with Gasteiger partial charge in [0.05, 0.1) is 13.2 Å². The molecule has 0 spiro atoms. The van der Waals surface area contributed by atoms with Gasteiger partial charge >= 0.3 is 0 Å². The van der Waals surface area contributed by atoms with Crippen molar-refractivity contribution in [1.29, 1.82) is 0 Å². The molecule has 0 aliphatic carbocycles. The molecule has 98 valence electrons. The zero-order chi connectivity index (χ0) is 13.5. The van der Waals surface area contributed by atoms with Gasteiger partial charge in [0.1, 0.15) is 0 Å². The summed E-state index contributed by atoms with van der Waals surface area (Å²) in [5.74, 6) is 0. The molecule has 0 aliphatic rings. The minimum absolute atomic E-state index is 0.330. The largest absolute Gasteiger partial charge is 0.291 e.